The summed E-state index contributed by atoms with van der Waals surface area (Å²) >= 11 is 0. The number of rotatable bonds is 6. The van der Waals surface area contributed by atoms with Gasteiger partial charge in [0.1, 0.15) is 0 Å². The molecule has 0 aromatic heterocycles. The zero-order valence-electron chi connectivity index (χ0n) is 18.4. The molecular formula is C22H37IN4O2. The highest BCUT2D eigenvalue weighted by Crippen LogP contribution is 2.33. The molecule has 7 heteroatoms. The molecule has 1 fully saturated rings. The first kappa shape index (κ1) is 25.7. The van der Waals surface area contributed by atoms with Gasteiger partial charge in [-0.15, -0.1) is 24.0 Å². The van der Waals surface area contributed by atoms with Crippen LogP contribution >= 0.6 is 24.0 Å². The monoisotopic (exact) mass is 516 g/mol. The predicted octanol–water partition coefficient (Wildman–Crippen LogP) is 4.16. The van der Waals surface area contributed by atoms with Crippen molar-refractivity contribution in [2.45, 2.75) is 60.1 Å². The van der Waals surface area contributed by atoms with Crippen molar-refractivity contribution in [2.75, 3.05) is 25.0 Å². The number of ether oxygens (including phenoxy) is 1. The summed E-state index contributed by atoms with van der Waals surface area (Å²) in [5, 5.41) is 9.63. The number of halogens is 1. The molecule has 0 radical (unpaired) electrons. The van der Waals surface area contributed by atoms with Gasteiger partial charge in [0.15, 0.2) is 5.96 Å². The van der Waals surface area contributed by atoms with Crippen LogP contribution in [0.15, 0.2) is 29.3 Å². The first-order valence-corrected chi connectivity index (χ1v) is 10.3. The Labute approximate surface area is 192 Å². The second kappa shape index (κ2) is 12.4. The fraction of sp³-hybridized carbons (Fsp3) is 0.636. The van der Waals surface area contributed by atoms with Crippen molar-refractivity contribution in [3.63, 3.8) is 0 Å². The number of aliphatic imine (C=N–C) groups is 1. The summed E-state index contributed by atoms with van der Waals surface area (Å²) in [7, 11) is 0. The largest absolute Gasteiger partial charge is 0.377 e. The van der Waals surface area contributed by atoms with Gasteiger partial charge in [-0.3, -0.25) is 4.79 Å². The van der Waals surface area contributed by atoms with E-state index < -0.39 is 0 Å². The summed E-state index contributed by atoms with van der Waals surface area (Å²) in [6.07, 6.45) is 2.54. The Hall–Kier alpha value is -1.35. The number of nitrogens with zero attached hydrogens (tertiary/aromatic N) is 1. The summed E-state index contributed by atoms with van der Waals surface area (Å²) in [5.41, 5.74) is 1.98. The van der Waals surface area contributed by atoms with Crippen LogP contribution in [0.1, 0.15) is 53.0 Å². The Morgan fingerprint density at radius 1 is 1.28 bits per heavy atom. The van der Waals surface area contributed by atoms with Crippen LogP contribution in [-0.4, -0.2) is 37.7 Å². The SMILES string of the molecule is CCNC(=NCc1cccc(NC(C)=O)c1)NCC1CCCOC1C(C)(C)C.I. The Balaban J connectivity index is 0.00000420. The van der Waals surface area contributed by atoms with Crippen molar-refractivity contribution >= 4 is 41.5 Å². The van der Waals surface area contributed by atoms with Gasteiger partial charge in [-0.05, 0) is 42.9 Å². The minimum Gasteiger partial charge on any atom is -0.377 e. The maximum atomic E-state index is 11.2. The third kappa shape index (κ3) is 8.90. The van der Waals surface area contributed by atoms with Crippen molar-refractivity contribution in [3.05, 3.63) is 29.8 Å². The van der Waals surface area contributed by atoms with Crippen LogP contribution < -0.4 is 16.0 Å². The second-order valence-electron chi connectivity index (χ2n) is 8.52. The predicted molar refractivity (Wildman–Crippen MR) is 131 cm³/mol. The standard InChI is InChI=1S/C22H36N4O2.HI/c1-6-23-21(24-14-17-9-7-11-19(13-17)26-16(2)27)25-15-18-10-8-12-28-20(18)22(3,4)5;/h7,9,11,13,18,20H,6,8,10,12,14-15H2,1-5H3,(H,26,27)(H2,23,24,25);1H. The van der Waals surface area contributed by atoms with Crippen LogP contribution in [0, 0.1) is 11.3 Å². The normalized spacial score (nSPS) is 19.8. The molecule has 0 spiro atoms. The van der Waals surface area contributed by atoms with Crippen molar-refractivity contribution in [2.24, 2.45) is 16.3 Å². The fourth-order valence-corrected chi connectivity index (χ4v) is 3.70. The van der Waals surface area contributed by atoms with Crippen molar-refractivity contribution in [1.82, 2.24) is 10.6 Å². The molecule has 1 aliphatic heterocycles. The zero-order chi connectivity index (χ0) is 20.6. The summed E-state index contributed by atoms with van der Waals surface area (Å²) in [5.74, 6) is 1.21. The number of hydrogen-bond donors (Lipinski definition) is 3. The van der Waals surface area contributed by atoms with E-state index in [9.17, 15) is 4.79 Å². The topological polar surface area (TPSA) is 74.8 Å². The molecule has 6 nitrogen and oxygen atoms in total. The highest BCUT2D eigenvalue weighted by Gasteiger charge is 2.35. The summed E-state index contributed by atoms with van der Waals surface area (Å²) in [6.45, 7) is 13.4. The van der Waals surface area contributed by atoms with Crippen LogP contribution in [-0.2, 0) is 16.1 Å². The van der Waals surface area contributed by atoms with Crippen molar-refractivity contribution in [3.8, 4) is 0 Å². The number of carbonyl (C=O) groups is 1. The van der Waals surface area contributed by atoms with Gasteiger partial charge in [-0.25, -0.2) is 4.99 Å². The van der Waals surface area contributed by atoms with E-state index in [1.165, 1.54) is 13.3 Å². The van der Waals surface area contributed by atoms with E-state index in [4.69, 9.17) is 9.73 Å². The molecule has 2 atom stereocenters. The molecule has 29 heavy (non-hydrogen) atoms. The average molecular weight is 516 g/mol. The Morgan fingerprint density at radius 3 is 2.69 bits per heavy atom. The van der Waals surface area contributed by atoms with E-state index in [2.05, 4.69) is 43.6 Å². The maximum Gasteiger partial charge on any atom is 0.221 e. The van der Waals surface area contributed by atoms with E-state index >= 15 is 0 Å². The lowest BCUT2D eigenvalue weighted by atomic mass is 9.78. The number of anilines is 1. The van der Waals surface area contributed by atoms with Crippen LogP contribution in [0.4, 0.5) is 5.69 Å². The van der Waals surface area contributed by atoms with E-state index in [1.54, 1.807) is 0 Å². The third-order valence-electron chi connectivity index (χ3n) is 4.84. The van der Waals surface area contributed by atoms with Gasteiger partial charge in [0.05, 0.1) is 12.6 Å². The molecule has 0 bridgehead atoms. The molecule has 1 heterocycles. The molecule has 0 saturated carbocycles. The van der Waals surface area contributed by atoms with E-state index in [0.717, 1.165) is 43.3 Å². The first-order chi connectivity index (χ1) is 13.3. The smallest absolute Gasteiger partial charge is 0.221 e. The number of amides is 1. The number of nitrogens with one attached hydrogen (secondary N) is 3. The fourth-order valence-electron chi connectivity index (χ4n) is 3.70. The molecule has 1 aliphatic rings. The molecule has 1 amide bonds. The van der Waals surface area contributed by atoms with E-state index in [-0.39, 0.29) is 41.4 Å². The minimum atomic E-state index is -0.0706. The zero-order valence-corrected chi connectivity index (χ0v) is 20.7. The highest BCUT2D eigenvalue weighted by atomic mass is 127. The van der Waals surface area contributed by atoms with E-state index in [1.807, 2.05) is 24.3 Å². The number of benzene rings is 1. The first-order valence-electron chi connectivity index (χ1n) is 10.3. The molecule has 164 valence electrons. The van der Waals surface area contributed by atoms with Gasteiger partial charge in [-0.2, -0.15) is 0 Å². The highest BCUT2D eigenvalue weighted by molar-refractivity contribution is 14.0. The van der Waals surface area contributed by atoms with Crippen LogP contribution in [0.5, 0.6) is 0 Å². The van der Waals surface area contributed by atoms with E-state index in [0.29, 0.717) is 12.5 Å². The Morgan fingerprint density at radius 2 is 2.03 bits per heavy atom. The number of hydrogen-bond acceptors (Lipinski definition) is 3. The Bertz CT molecular complexity index is 673. The van der Waals surface area contributed by atoms with Gasteiger partial charge in [-0.1, -0.05) is 32.9 Å². The van der Waals surface area contributed by atoms with Gasteiger partial charge in [0, 0.05) is 38.2 Å². The van der Waals surface area contributed by atoms with Gasteiger partial charge < -0.3 is 20.7 Å². The molecule has 1 saturated heterocycles. The second-order valence-corrected chi connectivity index (χ2v) is 8.52. The molecule has 3 N–H and O–H groups in total. The molecular weight excluding hydrogens is 479 g/mol. The summed E-state index contributed by atoms with van der Waals surface area (Å²) in [4.78, 5) is 16.0. The lowest BCUT2D eigenvalue weighted by Gasteiger charge is -2.40. The lowest BCUT2D eigenvalue weighted by Crippen LogP contribution is -2.47. The summed E-state index contributed by atoms with van der Waals surface area (Å²) < 4.78 is 6.09. The molecule has 0 aliphatic carbocycles. The molecule has 2 unspecified atom stereocenters. The van der Waals surface area contributed by atoms with Crippen LogP contribution in [0.2, 0.25) is 0 Å². The minimum absolute atomic E-state index is 0. The maximum absolute atomic E-state index is 11.2. The van der Waals surface area contributed by atoms with Crippen LogP contribution in [0.25, 0.3) is 0 Å². The summed E-state index contributed by atoms with van der Waals surface area (Å²) in [6, 6.07) is 7.79. The van der Waals surface area contributed by atoms with Gasteiger partial charge in [0.2, 0.25) is 5.91 Å². The molecule has 2 rings (SSSR count). The Kier molecular flexibility index (Phi) is 11.0. The van der Waals surface area contributed by atoms with Gasteiger partial charge in [0.25, 0.3) is 0 Å². The van der Waals surface area contributed by atoms with Crippen molar-refractivity contribution in [1.29, 1.82) is 0 Å². The lowest BCUT2D eigenvalue weighted by molar-refractivity contribution is -0.114. The molecule has 1 aromatic rings. The average Bonchev–Trinajstić information content (AvgIpc) is 2.63. The van der Waals surface area contributed by atoms with Gasteiger partial charge >= 0.3 is 0 Å². The van der Waals surface area contributed by atoms with Crippen LogP contribution in [0.3, 0.4) is 0 Å². The van der Waals surface area contributed by atoms with Crippen molar-refractivity contribution < 1.29 is 9.53 Å². The number of guanidine groups is 1. The third-order valence-corrected chi connectivity index (χ3v) is 4.84. The quantitative estimate of drug-likeness (QED) is 0.302. The number of carbonyl (C=O) groups excluding carboxylic acids is 1. The molecule has 1 aromatic carbocycles.